The molecule has 2 heterocycles. The summed E-state index contributed by atoms with van der Waals surface area (Å²) in [5.74, 6) is 0. The van der Waals surface area contributed by atoms with Crippen LogP contribution in [0.2, 0.25) is 5.02 Å². The first kappa shape index (κ1) is 13.5. The Kier molecular flexibility index (Phi) is 3.04. The zero-order valence-electron chi connectivity index (χ0n) is 10.3. The van der Waals surface area contributed by atoms with Crippen molar-refractivity contribution in [3.63, 3.8) is 0 Å². The van der Waals surface area contributed by atoms with Gasteiger partial charge in [-0.2, -0.15) is 5.10 Å². The second-order valence-corrected chi connectivity index (χ2v) is 7.24. The van der Waals surface area contributed by atoms with E-state index >= 15 is 0 Å². The van der Waals surface area contributed by atoms with Gasteiger partial charge in [-0.1, -0.05) is 11.6 Å². The van der Waals surface area contributed by atoms with Gasteiger partial charge in [0.15, 0.2) is 0 Å². The predicted octanol–water partition coefficient (Wildman–Crippen LogP) is 3.24. The monoisotopic (exact) mass is 329 g/mol. The van der Waals surface area contributed by atoms with Crippen LogP contribution in [0.5, 0.6) is 0 Å². The van der Waals surface area contributed by atoms with E-state index in [1.165, 1.54) is 6.20 Å². The molecule has 0 unspecified atom stereocenters. The Labute approximate surface area is 124 Å². The molecule has 104 valence electrons. The van der Waals surface area contributed by atoms with E-state index in [9.17, 15) is 8.42 Å². The number of rotatable bonds is 2. The highest BCUT2D eigenvalue weighted by Crippen LogP contribution is 2.33. The molecule has 2 aromatic heterocycles. The van der Waals surface area contributed by atoms with Crippen molar-refractivity contribution >= 4 is 42.2 Å². The summed E-state index contributed by atoms with van der Waals surface area (Å²) < 4.78 is 24.7. The number of benzene rings is 1. The topological polar surface area (TPSA) is 67.8 Å². The highest BCUT2D eigenvalue weighted by atomic mass is 35.7. The van der Waals surface area contributed by atoms with Crippen molar-refractivity contribution in [2.24, 2.45) is 0 Å². The molecule has 3 aromatic rings. The molecule has 0 aliphatic carbocycles. The molecule has 0 bridgehead atoms. The maximum absolute atomic E-state index is 11.5. The maximum Gasteiger partial charge on any atom is 0.263 e. The van der Waals surface area contributed by atoms with Gasteiger partial charge in [0.1, 0.15) is 10.6 Å². The third-order valence-corrected chi connectivity index (χ3v) is 4.72. The standard InChI is InChI=1S/C12H9Cl2N3O2S/c1-7-4-5-16-17(7)12-9(13)3-2-8-10(20(14,18)19)6-15-11(8)12/h2-6,15H,1H3. The number of aryl methyl sites for hydroxylation is 1. The lowest BCUT2D eigenvalue weighted by molar-refractivity contribution is 0.610. The van der Waals surface area contributed by atoms with Crippen molar-refractivity contribution in [3.8, 4) is 5.69 Å². The minimum atomic E-state index is -3.83. The Morgan fingerprint density at radius 1 is 1.30 bits per heavy atom. The van der Waals surface area contributed by atoms with Gasteiger partial charge in [-0.15, -0.1) is 0 Å². The average molecular weight is 330 g/mol. The lowest BCUT2D eigenvalue weighted by Crippen LogP contribution is -2.00. The van der Waals surface area contributed by atoms with Crippen molar-refractivity contribution in [1.82, 2.24) is 14.8 Å². The van der Waals surface area contributed by atoms with Gasteiger partial charge in [0, 0.05) is 34.2 Å². The van der Waals surface area contributed by atoms with Gasteiger partial charge >= 0.3 is 0 Å². The Bertz CT molecular complexity index is 912. The summed E-state index contributed by atoms with van der Waals surface area (Å²) in [4.78, 5) is 2.94. The predicted molar refractivity (Wildman–Crippen MR) is 78.2 cm³/mol. The van der Waals surface area contributed by atoms with Gasteiger partial charge in [-0.05, 0) is 25.1 Å². The molecular weight excluding hydrogens is 321 g/mol. The Morgan fingerprint density at radius 2 is 2.05 bits per heavy atom. The fourth-order valence-corrected chi connectivity index (χ4v) is 3.40. The van der Waals surface area contributed by atoms with Crippen LogP contribution in [-0.2, 0) is 9.05 Å². The molecule has 5 nitrogen and oxygen atoms in total. The summed E-state index contributed by atoms with van der Waals surface area (Å²) in [6.45, 7) is 1.88. The van der Waals surface area contributed by atoms with Gasteiger partial charge < -0.3 is 4.98 Å². The summed E-state index contributed by atoms with van der Waals surface area (Å²) in [5, 5.41) is 5.14. The molecular formula is C12H9Cl2N3O2S. The zero-order chi connectivity index (χ0) is 14.5. The molecule has 0 fully saturated rings. The number of hydrogen-bond donors (Lipinski definition) is 1. The van der Waals surface area contributed by atoms with E-state index < -0.39 is 9.05 Å². The van der Waals surface area contributed by atoms with E-state index in [2.05, 4.69) is 10.1 Å². The molecule has 8 heteroatoms. The summed E-state index contributed by atoms with van der Waals surface area (Å²) in [5.41, 5.74) is 2.05. The van der Waals surface area contributed by atoms with Crippen molar-refractivity contribution in [2.45, 2.75) is 11.8 Å². The number of H-pyrrole nitrogens is 1. The lowest BCUT2D eigenvalue weighted by Gasteiger charge is -2.08. The summed E-state index contributed by atoms with van der Waals surface area (Å²) in [6.07, 6.45) is 3.00. The lowest BCUT2D eigenvalue weighted by atomic mass is 10.2. The number of nitrogens with one attached hydrogen (secondary N) is 1. The molecule has 0 radical (unpaired) electrons. The molecule has 3 rings (SSSR count). The second kappa shape index (κ2) is 4.51. The third kappa shape index (κ3) is 2.00. The Morgan fingerprint density at radius 3 is 2.65 bits per heavy atom. The molecule has 0 aliphatic heterocycles. The minimum Gasteiger partial charge on any atom is -0.358 e. The van der Waals surface area contributed by atoms with Crippen molar-refractivity contribution in [2.75, 3.05) is 0 Å². The van der Waals surface area contributed by atoms with E-state index in [0.29, 0.717) is 21.6 Å². The molecule has 20 heavy (non-hydrogen) atoms. The van der Waals surface area contributed by atoms with Crippen molar-refractivity contribution in [3.05, 3.63) is 41.3 Å². The van der Waals surface area contributed by atoms with Gasteiger partial charge in [0.2, 0.25) is 0 Å². The van der Waals surface area contributed by atoms with Crippen LogP contribution in [-0.4, -0.2) is 23.2 Å². The number of nitrogens with zero attached hydrogens (tertiary/aromatic N) is 2. The summed E-state index contributed by atoms with van der Waals surface area (Å²) >= 11 is 6.23. The van der Waals surface area contributed by atoms with E-state index in [1.807, 2.05) is 13.0 Å². The van der Waals surface area contributed by atoms with E-state index in [4.69, 9.17) is 22.3 Å². The van der Waals surface area contributed by atoms with Crippen LogP contribution in [0.3, 0.4) is 0 Å². The molecule has 0 atom stereocenters. The number of aromatic amines is 1. The van der Waals surface area contributed by atoms with Crippen LogP contribution >= 0.6 is 22.3 Å². The molecule has 0 spiro atoms. The van der Waals surface area contributed by atoms with Crippen molar-refractivity contribution < 1.29 is 8.42 Å². The van der Waals surface area contributed by atoms with Crippen LogP contribution in [0.25, 0.3) is 16.6 Å². The highest BCUT2D eigenvalue weighted by Gasteiger charge is 2.20. The van der Waals surface area contributed by atoms with Gasteiger partial charge in [-0.3, -0.25) is 0 Å². The van der Waals surface area contributed by atoms with Gasteiger partial charge in [0.25, 0.3) is 9.05 Å². The average Bonchev–Trinajstić information content (AvgIpc) is 2.94. The smallest absolute Gasteiger partial charge is 0.263 e. The van der Waals surface area contributed by atoms with E-state index in [-0.39, 0.29) is 4.90 Å². The SMILES string of the molecule is Cc1ccnn1-c1c(Cl)ccc2c(S(=O)(=O)Cl)c[nH]c12. The Hall–Kier alpha value is -1.50. The molecule has 0 aliphatic rings. The third-order valence-electron chi connectivity index (χ3n) is 3.05. The minimum absolute atomic E-state index is 0.0249. The molecule has 0 amide bonds. The van der Waals surface area contributed by atoms with E-state index in [0.717, 1.165) is 5.69 Å². The number of hydrogen-bond acceptors (Lipinski definition) is 3. The zero-order valence-corrected chi connectivity index (χ0v) is 12.6. The fraction of sp³-hybridized carbons (Fsp3) is 0.0833. The van der Waals surface area contributed by atoms with Crippen molar-refractivity contribution in [1.29, 1.82) is 0 Å². The first-order valence-electron chi connectivity index (χ1n) is 5.65. The molecule has 1 aromatic carbocycles. The molecule has 1 N–H and O–H groups in total. The molecule has 0 saturated carbocycles. The number of fused-ring (bicyclic) bond motifs is 1. The quantitative estimate of drug-likeness (QED) is 0.734. The van der Waals surface area contributed by atoms with Crippen LogP contribution in [0.4, 0.5) is 0 Å². The molecule has 0 saturated heterocycles. The van der Waals surface area contributed by atoms with Crippen LogP contribution < -0.4 is 0 Å². The highest BCUT2D eigenvalue weighted by molar-refractivity contribution is 8.14. The first-order valence-corrected chi connectivity index (χ1v) is 8.33. The van der Waals surface area contributed by atoms with Crippen LogP contribution in [0.1, 0.15) is 5.69 Å². The van der Waals surface area contributed by atoms with Crippen LogP contribution in [0, 0.1) is 6.92 Å². The number of halogens is 2. The fourth-order valence-electron chi connectivity index (χ4n) is 2.15. The van der Waals surface area contributed by atoms with Gasteiger partial charge in [0.05, 0.1) is 10.5 Å². The summed E-state index contributed by atoms with van der Waals surface area (Å²) in [6, 6.07) is 5.07. The van der Waals surface area contributed by atoms with Crippen LogP contribution in [0.15, 0.2) is 35.5 Å². The summed E-state index contributed by atoms with van der Waals surface area (Å²) in [7, 11) is 1.60. The maximum atomic E-state index is 11.5. The van der Waals surface area contributed by atoms with Gasteiger partial charge in [-0.25, -0.2) is 13.1 Å². The Balaban J connectivity index is 2.42. The van der Waals surface area contributed by atoms with E-state index in [1.54, 1.807) is 23.0 Å². The second-order valence-electron chi connectivity index (χ2n) is 4.29. The number of aromatic nitrogens is 3. The largest absolute Gasteiger partial charge is 0.358 e. The first-order chi connectivity index (χ1) is 9.39. The normalized spacial score (nSPS) is 12.2.